The largest absolute Gasteiger partial charge is 0.466 e. The molecule has 0 fully saturated rings. The number of furan rings is 1. The maximum Gasteiger partial charge on any atom is 0.105 e. The first-order valence-corrected chi connectivity index (χ1v) is 7.24. The third kappa shape index (κ3) is 3.00. The summed E-state index contributed by atoms with van der Waals surface area (Å²) in [6.07, 6.45) is 0.993. The summed E-state index contributed by atoms with van der Waals surface area (Å²) in [6, 6.07) is 4.62. The fraction of sp³-hybridized carbons (Fsp3) is 0.385. The molecule has 1 N–H and O–H groups in total. The van der Waals surface area contributed by atoms with Crippen molar-refractivity contribution < 1.29 is 4.42 Å². The van der Waals surface area contributed by atoms with Gasteiger partial charge < -0.3 is 9.73 Å². The van der Waals surface area contributed by atoms with E-state index in [1.165, 1.54) is 10.4 Å². The lowest BCUT2D eigenvalue weighted by Gasteiger charge is -2.14. The van der Waals surface area contributed by atoms with Crippen LogP contribution in [0.2, 0.25) is 0 Å². The number of thiophene rings is 1. The monoisotopic (exact) mass is 313 g/mol. The number of hydrogen-bond donors (Lipinski definition) is 1. The molecular formula is C13H16BrNOS. The number of hydrogen-bond acceptors (Lipinski definition) is 3. The topological polar surface area (TPSA) is 25.2 Å². The minimum absolute atomic E-state index is 0.318. The lowest BCUT2D eigenvalue weighted by molar-refractivity contribution is 0.490. The molecule has 0 aliphatic heterocycles. The average molecular weight is 314 g/mol. The molecule has 0 saturated carbocycles. The van der Waals surface area contributed by atoms with Crippen LogP contribution in [0.15, 0.2) is 26.4 Å². The Morgan fingerprint density at radius 3 is 2.65 bits per heavy atom. The molecule has 0 amide bonds. The zero-order chi connectivity index (χ0) is 12.4. The second kappa shape index (κ2) is 5.38. The van der Waals surface area contributed by atoms with Gasteiger partial charge in [0, 0.05) is 32.8 Å². The maximum atomic E-state index is 5.59. The van der Waals surface area contributed by atoms with Crippen LogP contribution >= 0.6 is 27.3 Å². The van der Waals surface area contributed by atoms with Crippen molar-refractivity contribution in [2.75, 3.05) is 7.05 Å². The molecular weight excluding hydrogens is 298 g/mol. The minimum Gasteiger partial charge on any atom is -0.466 e. The van der Waals surface area contributed by atoms with Crippen molar-refractivity contribution in [3.63, 3.8) is 0 Å². The fourth-order valence-corrected chi connectivity index (χ4v) is 3.52. The average Bonchev–Trinajstić information content (AvgIpc) is 2.82. The highest BCUT2D eigenvalue weighted by Gasteiger charge is 2.16. The van der Waals surface area contributed by atoms with Gasteiger partial charge in [-0.15, -0.1) is 11.3 Å². The Balaban J connectivity index is 2.19. The summed E-state index contributed by atoms with van der Waals surface area (Å²) < 4.78 is 6.75. The van der Waals surface area contributed by atoms with Crippen molar-refractivity contribution in [1.82, 2.24) is 5.32 Å². The summed E-state index contributed by atoms with van der Waals surface area (Å²) in [4.78, 5) is 1.37. The van der Waals surface area contributed by atoms with Crippen molar-refractivity contribution in [2.24, 2.45) is 0 Å². The van der Waals surface area contributed by atoms with Gasteiger partial charge in [0.2, 0.25) is 0 Å². The molecule has 0 aliphatic carbocycles. The molecule has 1 unspecified atom stereocenters. The van der Waals surface area contributed by atoms with Gasteiger partial charge in [-0.3, -0.25) is 0 Å². The molecule has 17 heavy (non-hydrogen) atoms. The van der Waals surface area contributed by atoms with Crippen molar-refractivity contribution in [3.8, 4) is 0 Å². The Morgan fingerprint density at radius 1 is 1.41 bits per heavy atom. The Hall–Kier alpha value is -0.580. The standard InChI is InChI=1S/C13H16BrNOS/c1-8-4-12(9(2)16-8)13(15-3)6-11-5-10(14)7-17-11/h4-5,7,13,15H,6H2,1-3H3. The van der Waals surface area contributed by atoms with Crippen LogP contribution in [0.1, 0.15) is 28.0 Å². The van der Waals surface area contributed by atoms with E-state index in [1.54, 1.807) is 11.3 Å². The van der Waals surface area contributed by atoms with Gasteiger partial charge in [0.1, 0.15) is 11.5 Å². The van der Waals surface area contributed by atoms with Gasteiger partial charge in [-0.05, 0) is 49.0 Å². The third-order valence-corrected chi connectivity index (χ3v) is 4.55. The third-order valence-electron chi connectivity index (χ3n) is 2.83. The summed E-state index contributed by atoms with van der Waals surface area (Å²) in [7, 11) is 2.00. The molecule has 2 rings (SSSR count). The van der Waals surface area contributed by atoms with E-state index in [1.807, 2.05) is 20.9 Å². The minimum atomic E-state index is 0.318. The first kappa shape index (κ1) is 12.9. The van der Waals surface area contributed by atoms with Gasteiger partial charge in [0.15, 0.2) is 0 Å². The number of nitrogens with one attached hydrogen (secondary N) is 1. The van der Waals surface area contributed by atoms with Gasteiger partial charge in [0.05, 0.1) is 0 Å². The van der Waals surface area contributed by atoms with E-state index in [0.717, 1.165) is 22.4 Å². The van der Waals surface area contributed by atoms with Crippen molar-refractivity contribution in [3.05, 3.63) is 43.9 Å². The zero-order valence-electron chi connectivity index (χ0n) is 10.2. The summed E-state index contributed by atoms with van der Waals surface area (Å²) in [5, 5.41) is 5.48. The summed E-state index contributed by atoms with van der Waals surface area (Å²) in [6.45, 7) is 4.02. The Labute approximate surface area is 114 Å². The van der Waals surface area contributed by atoms with Gasteiger partial charge in [-0.1, -0.05) is 0 Å². The highest BCUT2D eigenvalue weighted by Crippen LogP contribution is 2.28. The van der Waals surface area contributed by atoms with Crippen LogP contribution in [-0.2, 0) is 6.42 Å². The molecule has 0 aromatic carbocycles. The molecule has 0 bridgehead atoms. The van der Waals surface area contributed by atoms with Crippen LogP contribution in [0.4, 0.5) is 0 Å². The number of aryl methyl sites for hydroxylation is 2. The molecule has 4 heteroatoms. The molecule has 1 atom stereocenters. The summed E-state index contributed by atoms with van der Waals surface area (Å²) in [5.74, 6) is 1.99. The molecule has 0 spiro atoms. The fourth-order valence-electron chi connectivity index (χ4n) is 2.03. The molecule has 2 aromatic heterocycles. The van der Waals surface area contributed by atoms with Crippen LogP contribution in [-0.4, -0.2) is 7.05 Å². The van der Waals surface area contributed by atoms with Crippen LogP contribution < -0.4 is 5.32 Å². The Kier molecular flexibility index (Phi) is 4.07. The molecule has 2 aromatic rings. The summed E-state index contributed by atoms with van der Waals surface area (Å²) >= 11 is 5.27. The number of halogens is 1. The quantitative estimate of drug-likeness (QED) is 0.914. The first-order chi connectivity index (χ1) is 8.10. The van der Waals surface area contributed by atoms with Crippen LogP contribution in [0, 0.1) is 13.8 Å². The highest BCUT2D eigenvalue weighted by atomic mass is 79.9. The van der Waals surface area contributed by atoms with Gasteiger partial charge in [-0.25, -0.2) is 0 Å². The van der Waals surface area contributed by atoms with Crippen molar-refractivity contribution >= 4 is 27.3 Å². The lowest BCUT2D eigenvalue weighted by Crippen LogP contribution is -2.18. The first-order valence-electron chi connectivity index (χ1n) is 5.57. The van der Waals surface area contributed by atoms with E-state index in [-0.39, 0.29) is 0 Å². The van der Waals surface area contributed by atoms with Crippen LogP contribution in [0.25, 0.3) is 0 Å². The van der Waals surface area contributed by atoms with Crippen molar-refractivity contribution in [2.45, 2.75) is 26.3 Å². The molecule has 0 aliphatic rings. The Morgan fingerprint density at radius 2 is 2.18 bits per heavy atom. The molecule has 0 saturated heterocycles. The van der Waals surface area contributed by atoms with E-state index < -0.39 is 0 Å². The van der Waals surface area contributed by atoms with Gasteiger partial charge in [-0.2, -0.15) is 0 Å². The number of rotatable bonds is 4. The predicted octanol–water partition coefficient (Wildman–Crippen LogP) is 4.22. The van der Waals surface area contributed by atoms with E-state index in [0.29, 0.717) is 6.04 Å². The molecule has 92 valence electrons. The predicted molar refractivity (Wildman–Crippen MR) is 75.7 cm³/mol. The normalized spacial score (nSPS) is 12.9. The van der Waals surface area contributed by atoms with Gasteiger partial charge in [0.25, 0.3) is 0 Å². The van der Waals surface area contributed by atoms with Crippen LogP contribution in [0.5, 0.6) is 0 Å². The SMILES string of the molecule is CNC(Cc1cc(Br)cs1)c1cc(C)oc1C. The highest BCUT2D eigenvalue weighted by molar-refractivity contribution is 9.10. The van der Waals surface area contributed by atoms with Crippen molar-refractivity contribution in [1.29, 1.82) is 0 Å². The Bertz CT molecular complexity index is 503. The van der Waals surface area contributed by atoms with E-state index >= 15 is 0 Å². The lowest BCUT2D eigenvalue weighted by atomic mass is 10.0. The van der Waals surface area contributed by atoms with E-state index in [4.69, 9.17) is 4.42 Å². The smallest absolute Gasteiger partial charge is 0.105 e. The number of likely N-dealkylation sites (N-methyl/N-ethyl adjacent to an activating group) is 1. The second-order valence-electron chi connectivity index (χ2n) is 4.15. The zero-order valence-corrected chi connectivity index (χ0v) is 12.6. The van der Waals surface area contributed by atoms with Gasteiger partial charge >= 0.3 is 0 Å². The molecule has 0 radical (unpaired) electrons. The van der Waals surface area contributed by atoms with E-state index in [2.05, 4.69) is 38.8 Å². The molecule has 2 heterocycles. The summed E-state index contributed by atoms with van der Waals surface area (Å²) in [5.41, 5.74) is 1.26. The van der Waals surface area contributed by atoms with Crippen LogP contribution in [0.3, 0.4) is 0 Å². The second-order valence-corrected chi connectivity index (χ2v) is 6.06. The molecule has 2 nitrogen and oxygen atoms in total. The maximum absolute atomic E-state index is 5.59. The van der Waals surface area contributed by atoms with E-state index in [9.17, 15) is 0 Å².